The van der Waals surface area contributed by atoms with E-state index in [0.717, 1.165) is 16.5 Å². The molecule has 3 N–H and O–H groups in total. The molecule has 16 heavy (non-hydrogen) atoms. The second-order valence-electron chi connectivity index (χ2n) is 3.52. The summed E-state index contributed by atoms with van der Waals surface area (Å²) in [4.78, 5) is 15.3. The van der Waals surface area contributed by atoms with Crippen molar-refractivity contribution in [2.45, 2.75) is 6.54 Å². The molecule has 0 bridgehead atoms. The van der Waals surface area contributed by atoms with Crippen molar-refractivity contribution >= 4 is 16.8 Å². The zero-order chi connectivity index (χ0) is 11.4. The quantitative estimate of drug-likeness (QED) is 0.796. The summed E-state index contributed by atoms with van der Waals surface area (Å²) in [7, 11) is 0. The number of nitrogens with zero attached hydrogens (tertiary/aromatic N) is 1. The molecule has 4 nitrogen and oxygen atoms in total. The molecule has 0 saturated carbocycles. The Morgan fingerprint density at radius 2 is 2.19 bits per heavy atom. The SMILES string of the molecule is NCC(=O)NCc1cnc2ccccc2c1. The van der Waals surface area contributed by atoms with Gasteiger partial charge in [-0.25, -0.2) is 0 Å². The second kappa shape index (κ2) is 4.72. The molecule has 0 aliphatic rings. The molecular weight excluding hydrogens is 202 g/mol. The fraction of sp³-hybridized carbons (Fsp3) is 0.167. The molecule has 0 fully saturated rings. The molecule has 0 atom stereocenters. The Labute approximate surface area is 93.5 Å². The van der Waals surface area contributed by atoms with Gasteiger partial charge in [-0.05, 0) is 17.7 Å². The third-order valence-corrected chi connectivity index (χ3v) is 2.32. The summed E-state index contributed by atoms with van der Waals surface area (Å²) in [6, 6.07) is 9.88. The van der Waals surface area contributed by atoms with E-state index in [9.17, 15) is 4.79 Å². The highest BCUT2D eigenvalue weighted by atomic mass is 16.1. The minimum absolute atomic E-state index is 0.0149. The maximum absolute atomic E-state index is 11.0. The van der Waals surface area contributed by atoms with Crippen LogP contribution in [0.4, 0.5) is 0 Å². The van der Waals surface area contributed by atoms with E-state index in [1.54, 1.807) is 6.20 Å². The van der Waals surface area contributed by atoms with Crippen molar-refractivity contribution in [3.63, 3.8) is 0 Å². The van der Waals surface area contributed by atoms with Gasteiger partial charge in [-0.3, -0.25) is 9.78 Å². The Bertz CT molecular complexity index is 510. The number of amides is 1. The van der Waals surface area contributed by atoms with Crippen LogP contribution < -0.4 is 11.1 Å². The molecule has 1 heterocycles. The standard InChI is InChI=1S/C12H13N3O/c13-6-12(16)15-8-9-5-10-3-1-2-4-11(10)14-7-9/h1-5,7H,6,8,13H2,(H,15,16). The van der Waals surface area contributed by atoms with Gasteiger partial charge < -0.3 is 11.1 Å². The van der Waals surface area contributed by atoms with Crippen molar-refractivity contribution in [3.05, 3.63) is 42.1 Å². The van der Waals surface area contributed by atoms with Crippen molar-refractivity contribution in [1.29, 1.82) is 0 Å². The van der Waals surface area contributed by atoms with Crippen LogP contribution in [0.15, 0.2) is 36.5 Å². The van der Waals surface area contributed by atoms with E-state index in [2.05, 4.69) is 10.3 Å². The number of carbonyl (C=O) groups is 1. The molecule has 1 amide bonds. The topological polar surface area (TPSA) is 68.0 Å². The van der Waals surface area contributed by atoms with E-state index in [1.165, 1.54) is 0 Å². The van der Waals surface area contributed by atoms with E-state index in [0.29, 0.717) is 6.54 Å². The van der Waals surface area contributed by atoms with Gasteiger partial charge >= 0.3 is 0 Å². The first-order valence-electron chi connectivity index (χ1n) is 5.10. The number of rotatable bonds is 3. The number of fused-ring (bicyclic) bond motifs is 1. The van der Waals surface area contributed by atoms with Gasteiger partial charge in [0.15, 0.2) is 0 Å². The molecule has 2 aromatic rings. The highest BCUT2D eigenvalue weighted by molar-refractivity contribution is 5.79. The van der Waals surface area contributed by atoms with Gasteiger partial charge in [-0.15, -0.1) is 0 Å². The molecule has 1 aromatic carbocycles. The first-order chi connectivity index (χ1) is 7.79. The predicted molar refractivity (Wildman–Crippen MR) is 62.6 cm³/mol. The Kier molecular flexibility index (Phi) is 3.12. The van der Waals surface area contributed by atoms with Gasteiger partial charge in [-0.2, -0.15) is 0 Å². The molecule has 0 aliphatic heterocycles. The van der Waals surface area contributed by atoms with Gasteiger partial charge in [0.05, 0.1) is 12.1 Å². The monoisotopic (exact) mass is 215 g/mol. The number of para-hydroxylation sites is 1. The molecule has 0 spiro atoms. The summed E-state index contributed by atoms with van der Waals surface area (Å²) in [5, 5.41) is 3.78. The summed E-state index contributed by atoms with van der Waals surface area (Å²) in [6.07, 6.45) is 1.76. The average molecular weight is 215 g/mol. The lowest BCUT2D eigenvalue weighted by atomic mass is 10.1. The van der Waals surface area contributed by atoms with Crippen LogP contribution in [0.3, 0.4) is 0 Å². The van der Waals surface area contributed by atoms with Gasteiger partial charge in [0.25, 0.3) is 0 Å². The number of pyridine rings is 1. The average Bonchev–Trinajstić information content (AvgIpc) is 2.35. The van der Waals surface area contributed by atoms with E-state index < -0.39 is 0 Å². The van der Waals surface area contributed by atoms with Crippen LogP contribution in [0.5, 0.6) is 0 Å². The Hall–Kier alpha value is -1.94. The van der Waals surface area contributed by atoms with Gasteiger partial charge in [0.2, 0.25) is 5.91 Å². The lowest BCUT2D eigenvalue weighted by Crippen LogP contribution is -2.29. The largest absolute Gasteiger partial charge is 0.351 e. The fourth-order valence-electron chi connectivity index (χ4n) is 1.49. The zero-order valence-corrected chi connectivity index (χ0v) is 8.81. The molecule has 0 radical (unpaired) electrons. The summed E-state index contributed by atoms with van der Waals surface area (Å²) >= 11 is 0. The van der Waals surface area contributed by atoms with Crippen molar-refractivity contribution in [2.75, 3.05) is 6.54 Å². The number of aromatic nitrogens is 1. The minimum Gasteiger partial charge on any atom is -0.351 e. The highest BCUT2D eigenvalue weighted by Gasteiger charge is 1.99. The number of hydrogen-bond donors (Lipinski definition) is 2. The molecule has 0 unspecified atom stereocenters. The normalized spacial score (nSPS) is 10.3. The number of nitrogens with two attached hydrogens (primary N) is 1. The summed E-state index contributed by atoms with van der Waals surface area (Å²) in [6.45, 7) is 0.481. The fourth-order valence-corrected chi connectivity index (χ4v) is 1.49. The lowest BCUT2D eigenvalue weighted by molar-refractivity contribution is -0.119. The van der Waals surface area contributed by atoms with E-state index in [1.807, 2.05) is 30.3 Å². The van der Waals surface area contributed by atoms with Crippen molar-refractivity contribution < 1.29 is 4.79 Å². The molecule has 2 rings (SSSR count). The molecule has 1 aromatic heterocycles. The van der Waals surface area contributed by atoms with E-state index in [4.69, 9.17) is 5.73 Å². The Morgan fingerprint density at radius 1 is 1.38 bits per heavy atom. The van der Waals surface area contributed by atoms with Crippen LogP contribution in [-0.2, 0) is 11.3 Å². The number of carbonyl (C=O) groups excluding carboxylic acids is 1. The maximum Gasteiger partial charge on any atom is 0.234 e. The van der Waals surface area contributed by atoms with E-state index >= 15 is 0 Å². The van der Waals surface area contributed by atoms with Crippen LogP contribution in [0.25, 0.3) is 10.9 Å². The zero-order valence-electron chi connectivity index (χ0n) is 8.81. The highest BCUT2D eigenvalue weighted by Crippen LogP contribution is 2.12. The first kappa shape index (κ1) is 10.6. The minimum atomic E-state index is -0.159. The summed E-state index contributed by atoms with van der Waals surface area (Å²) < 4.78 is 0. The number of hydrogen-bond acceptors (Lipinski definition) is 3. The van der Waals surface area contributed by atoms with Crippen LogP contribution in [0.2, 0.25) is 0 Å². The van der Waals surface area contributed by atoms with Gasteiger partial charge in [-0.1, -0.05) is 18.2 Å². The van der Waals surface area contributed by atoms with Crippen LogP contribution in [-0.4, -0.2) is 17.4 Å². The smallest absolute Gasteiger partial charge is 0.234 e. The number of benzene rings is 1. The van der Waals surface area contributed by atoms with Crippen molar-refractivity contribution in [2.24, 2.45) is 5.73 Å². The molecule has 82 valence electrons. The van der Waals surface area contributed by atoms with Gasteiger partial charge in [0.1, 0.15) is 0 Å². The molecular formula is C12H13N3O. The Morgan fingerprint density at radius 3 is 3.00 bits per heavy atom. The molecule has 4 heteroatoms. The van der Waals surface area contributed by atoms with Crippen LogP contribution in [0, 0.1) is 0 Å². The van der Waals surface area contributed by atoms with E-state index in [-0.39, 0.29) is 12.5 Å². The van der Waals surface area contributed by atoms with Crippen molar-refractivity contribution in [3.8, 4) is 0 Å². The summed E-state index contributed by atoms with van der Waals surface area (Å²) in [5.74, 6) is -0.159. The van der Waals surface area contributed by atoms with Crippen molar-refractivity contribution in [1.82, 2.24) is 10.3 Å². The lowest BCUT2D eigenvalue weighted by Gasteiger charge is -2.04. The van der Waals surface area contributed by atoms with Crippen LogP contribution >= 0.6 is 0 Å². The number of nitrogens with one attached hydrogen (secondary N) is 1. The third-order valence-electron chi connectivity index (χ3n) is 2.32. The molecule has 0 aliphatic carbocycles. The summed E-state index contributed by atoms with van der Waals surface area (Å²) in [5.41, 5.74) is 7.13. The third kappa shape index (κ3) is 2.35. The van der Waals surface area contributed by atoms with Crippen LogP contribution in [0.1, 0.15) is 5.56 Å². The first-order valence-corrected chi connectivity index (χ1v) is 5.10. The van der Waals surface area contributed by atoms with Gasteiger partial charge in [0, 0.05) is 18.1 Å². The predicted octanol–water partition coefficient (Wildman–Crippen LogP) is 0.810. The Balaban J connectivity index is 2.16. The maximum atomic E-state index is 11.0. The second-order valence-corrected chi connectivity index (χ2v) is 3.52. The molecule has 0 saturated heterocycles.